The number of aromatic nitrogens is 4. The summed E-state index contributed by atoms with van der Waals surface area (Å²) in [5.74, 6) is 2.42. The van der Waals surface area contributed by atoms with E-state index < -0.39 is 0 Å². The number of ether oxygens (including phenoxy) is 1. The van der Waals surface area contributed by atoms with Gasteiger partial charge in [0.15, 0.2) is 11.0 Å². The lowest BCUT2D eigenvalue weighted by atomic mass is 9.85. The molecule has 270 valence electrons. The molecule has 0 saturated heterocycles. The molecule has 3 heterocycles. The van der Waals surface area contributed by atoms with Crippen molar-refractivity contribution in [2.75, 3.05) is 0 Å². The highest BCUT2D eigenvalue weighted by molar-refractivity contribution is 6.09. The Morgan fingerprint density at radius 1 is 0.545 bits per heavy atom. The minimum Gasteiger partial charge on any atom is -0.457 e. The molecule has 6 aromatic carbocycles. The van der Waals surface area contributed by atoms with Gasteiger partial charge in [-0.2, -0.15) is 9.13 Å². The van der Waals surface area contributed by atoms with Crippen molar-refractivity contribution in [1.82, 2.24) is 14.1 Å². The van der Waals surface area contributed by atoms with E-state index in [2.05, 4.69) is 207 Å². The van der Waals surface area contributed by atoms with Gasteiger partial charge in [0.25, 0.3) is 6.33 Å². The molecule has 0 spiro atoms. The van der Waals surface area contributed by atoms with Crippen molar-refractivity contribution >= 4 is 32.8 Å². The maximum absolute atomic E-state index is 6.69. The average Bonchev–Trinajstić information content (AvgIpc) is 3.74. The first-order valence-electron chi connectivity index (χ1n) is 19.0. The van der Waals surface area contributed by atoms with Crippen LogP contribution in [0.4, 0.5) is 0 Å². The van der Waals surface area contributed by atoms with E-state index in [-0.39, 0.29) is 10.8 Å². The summed E-state index contributed by atoms with van der Waals surface area (Å²) in [6.07, 6.45) is 4.12. The van der Waals surface area contributed by atoms with Crippen molar-refractivity contribution in [3.8, 4) is 39.8 Å². The normalized spacial score (nSPS) is 12.2. The number of hydrogen-bond acceptors (Lipinski definition) is 2. The number of hydrogen-bond donors (Lipinski definition) is 0. The lowest BCUT2D eigenvalue weighted by molar-refractivity contribution is -0.567. The first-order valence-corrected chi connectivity index (χ1v) is 19.0. The van der Waals surface area contributed by atoms with Crippen molar-refractivity contribution in [3.05, 3.63) is 175 Å². The zero-order valence-electron chi connectivity index (χ0n) is 32.3. The predicted octanol–water partition coefficient (Wildman–Crippen LogP) is 12.5. The summed E-state index contributed by atoms with van der Waals surface area (Å²) in [4.78, 5) is 4.86. The molecule has 0 atom stereocenters. The number of pyridine rings is 1. The van der Waals surface area contributed by atoms with Crippen LogP contribution in [0, 0.1) is 0 Å². The Labute approximate surface area is 322 Å². The second-order valence-corrected chi connectivity index (χ2v) is 16.5. The van der Waals surface area contributed by atoms with Crippen molar-refractivity contribution in [1.29, 1.82) is 0 Å². The highest BCUT2D eigenvalue weighted by Crippen LogP contribution is 2.37. The molecule has 3 aromatic heterocycles. The number of fused-ring (bicyclic) bond motifs is 4. The molecule has 0 radical (unpaired) electrons. The van der Waals surface area contributed by atoms with Gasteiger partial charge in [-0.3, -0.25) is 4.57 Å². The van der Waals surface area contributed by atoms with E-state index >= 15 is 0 Å². The molecule has 0 aliphatic rings. The van der Waals surface area contributed by atoms with Gasteiger partial charge in [0, 0.05) is 34.7 Å². The average molecular weight is 718 g/mol. The summed E-state index contributed by atoms with van der Waals surface area (Å²) in [5.41, 5.74) is 11.5. The summed E-state index contributed by atoms with van der Waals surface area (Å²) in [6, 6.07) is 53.7. The van der Waals surface area contributed by atoms with E-state index in [4.69, 9.17) is 9.72 Å². The summed E-state index contributed by atoms with van der Waals surface area (Å²) < 4.78 is 13.5. The molecule has 0 aliphatic heterocycles. The maximum Gasteiger partial charge on any atom is 0.255 e. The largest absolute Gasteiger partial charge is 0.457 e. The fourth-order valence-corrected chi connectivity index (χ4v) is 7.67. The van der Waals surface area contributed by atoms with E-state index in [0.717, 1.165) is 56.1 Å². The zero-order valence-corrected chi connectivity index (χ0v) is 32.3. The Hall–Kier alpha value is -6.46. The number of benzene rings is 6. The van der Waals surface area contributed by atoms with Crippen LogP contribution in [0.5, 0.6) is 11.5 Å². The highest BCUT2D eigenvalue weighted by atomic mass is 16.5. The SMILES string of the molecule is CC(C)(C)c1ccnc(-n2c3ccccc3c3ccc(Oc4cccc(-n5c[n+](-c6ccc(C(C)(C)C)cc6-c6ccccc6)c6ccccc65)c4)cc32)c1. The van der Waals surface area contributed by atoms with Gasteiger partial charge in [-0.15, -0.1) is 0 Å². The van der Waals surface area contributed by atoms with Gasteiger partial charge in [0.2, 0.25) is 0 Å². The summed E-state index contributed by atoms with van der Waals surface area (Å²) in [5, 5.41) is 2.35. The van der Waals surface area contributed by atoms with Crippen LogP contribution >= 0.6 is 0 Å². The van der Waals surface area contributed by atoms with Crippen molar-refractivity contribution in [3.63, 3.8) is 0 Å². The lowest BCUT2D eigenvalue weighted by Crippen LogP contribution is -2.30. The van der Waals surface area contributed by atoms with E-state index in [1.807, 2.05) is 12.3 Å². The Kier molecular flexibility index (Phi) is 8.20. The van der Waals surface area contributed by atoms with Gasteiger partial charge in [0.05, 0.1) is 11.0 Å². The monoisotopic (exact) mass is 717 g/mol. The van der Waals surface area contributed by atoms with Gasteiger partial charge >= 0.3 is 0 Å². The molecule has 0 aliphatic carbocycles. The van der Waals surface area contributed by atoms with Gasteiger partial charge in [-0.1, -0.05) is 114 Å². The third kappa shape index (κ3) is 6.26. The van der Waals surface area contributed by atoms with E-state index in [9.17, 15) is 0 Å². The minimum absolute atomic E-state index is 0.00111. The zero-order chi connectivity index (χ0) is 37.9. The van der Waals surface area contributed by atoms with Crippen molar-refractivity contribution < 1.29 is 9.30 Å². The van der Waals surface area contributed by atoms with E-state index in [1.54, 1.807) is 0 Å². The lowest BCUT2D eigenvalue weighted by Gasteiger charge is -2.21. The molecule has 0 unspecified atom stereocenters. The molecular weight excluding hydrogens is 673 g/mol. The third-order valence-electron chi connectivity index (χ3n) is 10.7. The molecule has 9 rings (SSSR count). The minimum atomic E-state index is 0.00111. The highest BCUT2D eigenvalue weighted by Gasteiger charge is 2.24. The first kappa shape index (κ1) is 34.3. The smallest absolute Gasteiger partial charge is 0.255 e. The van der Waals surface area contributed by atoms with Crippen molar-refractivity contribution in [2.45, 2.75) is 52.4 Å². The second-order valence-electron chi connectivity index (χ2n) is 16.5. The van der Waals surface area contributed by atoms with Crippen LogP contribution in [0.2, 0.25) is 0 Å². The van der Waals surface area contributed by atoms with Crippen LogP contribution in [-0.4, -0.2) is 14.1 Å². The first-order chi connectivity index (χ1) is 26.5. The number of rotatable bonds is 6. The summed E-state index contributed by atoms with van der Waals surface area (Å²) in [7, 11) is 0. The van der Waals surface area contributed by atoms with E-state index in [1.165, 1.54) is 27.6 Å². The van der Waals surface area contributed by atoms with Gasteiger partial charge in [-0.25, -0.2) is 4.98 Å². The predicted molar refractivity (Wildman–Crippen MR) is 226 cm³/mol. The molecule has 0 N–H and O–H groups in total. The maximum atomic E-state index is 6.69. The molecule has 5 heteroatoms. The van der Waals surface area contributed by atoms with E-state index in [0.29, 0.717) is 0 Å². The van der Waals surface area contributed by atoms with Crippen LogP contribution in [0.25, 0.3) is 61.2 Å². The van der Waals surface area contributed by atoms with Gasteiger partial charge < -0.3 is 4.74 Å². The Morgan fingerprint density at radius 3 is 2.04 bits per heavy atom. The molecule has 0 fully saturated rings. The van der Waals surface area contributed by atoms with Crippen molar-refractivity contribution in [2.24, 2.45) is 0 Å². The fourth-order valence-electron chi connectivity index (χ4n) is 7.67. The fraction of sp³-hybridized carbons (Fsp3) is 0.160. The summed E-state index contributed by atoms with van der Waals surface area (Å²) >= 11 is 0. The van der Waals surface area contributed by atoms with Crippen LogP contribution in [-0.2, 0) is 10.8 Å². The van der Waals surface area contributed by atoms with Crippen LogP contribution in [0.3, 0.4) is 0 Å². The quantitative estimate of drug-likeness (QED) is 0.161. The Balaban J connectivity index is 1.13. The molecular formula is C50H45N4O+. The Bertz CT molecular complexity index is 2870. The van der Waals surface area contributed by atoms with Gasteiger partial charge in [-0.05, 0) is 94.3 Å². The van der Waals surface area contributed by atoms with Crippen LogP contribution in [0.1, 0.15) is 52.7 Å². The molecule has 9 aromatic rings. The molecule has 0 bridgehead atoms. The van der Waals surface area contributed by atoms with Gasteiger partial charge in [0.1, 0.15) is 28.7 Å². The standard InChI is InChI=1S/C50H45N4O/c1-49(2,3)35-23-26-43(42(29-35)34-15-8-7-9-16-34)53-33-52(45-21-12-13-22-46(45)53)37-17-14-18-38(31-37)55-39-24-25-41-40-19-10-11-20-44(40)54(47(41)32-39)48-30-36(27-28-51-48)50(4,5)6/h7-33H,1-6H3/q+1. The molecule has 0 amide bonds. The molecule has 0 saturated carbocycles. The molecule has 5 nitrogen and oxygen atoms in total. The number of imidazole rings is 1. The topological polar surface area (TPSA) is 35.9 Å². The van der Waals surface area contributed by atoms with Crippen LogP contribution in [0.15, 0.2) is 164 Å². The number of nitrogens with zero attached hydrogens (tertiary/aromatic N) is 4. The number of para-hydroxylation sites is 3. The second kappa shape index (κ2) is 13.1. The Morgan fingerprint density at radius 2 is 1.24 bits per heavy atom. The third-order valence-corrected chi connectivity index (χ3v) is 10.7. The molecule has 55 heavy (non-hydrogen) atoms. The van der Waals surface area contributed by atoms with Crippen LogP contribution < -0.4 is 9.30 Å². The summed E-state index contributed by atoms with van der Waals surface area (Å²) in [6.45, 7) is 13.5.